The van der Waals surface area contributed by atoms with Crippen molar-refractivity contribution in [1.82, 2.24) is 25.2 Å². The largest absolute Gasteiger partial charge is 0.348 e. The second-order valence-electron chi connectivity index (χ2n) is 6.32. The molecule has 7 nitrogen and oxygen atoms in total. The lowest BCUT2D eigenvalue weighted by Crippen LogP contribution is -2.33. The summed E-state index contributed by atoms with van der Waals surface area (Å²) in [5.41, 5.74) is 2.70. The van der Waals surface area contributed by atoms with Crippen LogP contribution >= 0.6 is 0 Å². The number of hydrogen-bond acceptors (Lipinski definition) is 5. The molecule has 1 unspecified atom stereocenters. The van der Waals surface area contributed by atoms with E-state index in [9.17, 15) is 9.59 Å². The van der Waals surface area contributed by atoms with Gasteiger partial charge < -0.3 is 10.2 Å². The van der Waals surface area contributed by atoms with Gasteiger partial charge in [-0.1, -0.05) is 6.07 Å². The molecule has 25 heavy (non-hydrogen) atoms. The molecular formula is C18H21N5O2. The molecule has 1 aliphatic heterocycles. The van der Waals surface area contributed by atoms with E-state index in [4.69, 9.17) is 0 Å². The first kappa shape index (κ1) is 17.0. The molecule has 1 saturated heterocycles. The molecule has 0 radical (unpaired) electrons. The van der Waals surface area contributed by atoms with Gasteiger partial charge in [0.1, 0.15) is 5.82 Å². The van der Waals surface area contributed by atoms with Gasteiger partial charge in [-0.3, -0.25) is 14.6 Å². The first-order chi connectivity index (χ1) is 12.0. The lowest BCUT2D eigenvalue weighted by atomic mass is 10.1. The second-order valence-corrected chi connectivity index (χ2v) is 6.32. The highest BCUT2D eigenvalue weighted by atomic mass is 16.2. The summed E-state index contributed by atoms with van der Waals surface area (Å²) < 4.78 is 0. The fourth-order valence-corrected chi connectivity index (χ4v) is 3.00. The number of pyridine rings is 1. The van der Waals surface area contributed by atoms with Crippen molar-refractivity contribution in [3.8, 4) is 0 Å². The minimum absolute atomic E-state index is 0.00773. The molecule has 0 aromatic carbocycles. The predicted octanol–water partition coefficient (Wildman–Crippen LogP) is 1.15. The number of nitrogens with zero attached hydrogens (tertiary/aromatic N) is 4. The molecule has 1 atom stereocenters. The van der Waals surface area contributed by atoms with Gasteiger partial charge in [-0.05, 0) is 31.5 Å². The van der Waals surface area contributed by atoms with Gasteiger partial charge in [0.2, 0.25) is 11.8 Å². The van der Waals surface area contributed by atoms with Crippen molar-refractivity contribution in [1.29, 1.82) is 0 Å². The quantitative estimate of drug-likeness (QED) is 0.883. The zero-order valence-corrected chi connectivity index (χ0v) is 14.4. The Labute approximate surface area is 146 Å². The SMILES string of the molecule is Cc1cc(C)nc(CNC(=O)C2CC(=O)N(Cc3cccnc3)C2)n1. The van der Waals surface area contributed by atoms with Crippen LogP contribution in [-0.2, 0) is 22.7 Å². The van der Waals surface area contributed by atoms with Crippen molar-refractivity contribution in [2.45, 2.75) is 33.4 Å². The third-order valence-corrected chi connectivity index (χ3v) is 4.13. The highest BCUT2D eigenvalue weighted by molar-refractivity contribution is 5.89. The predicted molar refractivity (Wildman–Crippen MR) is 91.1 cm³/mol. The average molecular weight is 339 g/mol. The first-order valence-corrected chi connectivity index (χ1v) is 8.27. The van der Waals surface area contributed by atoms with Crippen LogP contribution in [0.15, 0.2) is 30.6 Å². The molecule has 0 spiro atoms. The Morgan fingerprint density at radius 1 is 1.32 bits per heavy atom. The van der Waals surface area contributed by atoms with Gasteiger partial charge in [-0.15, -0.1) is 0 Å². The van der Waals surface area contributed by atoms with Crippen LogP contribution in [0.5, 0.6) is 0 Å². The molecule has 1 fully saturated rings. The fourth-order valence-electron chi connectivity index (χ4n) is 3.00. The van der Waals surface area contributed by atoms with Crippen molar-refractivity contribution >= 4 is 11.8 Å². The summed E-state index contributed by atoms with van der Waals surface area (Å²) in [6.45, 7) is 4.97. The summed E-state index contributed by atoms with van der Waals surface area (Å²) in [6, 6.07) is 5.65. The van der Waals surface area contributed by atoms with E-state index in [1.54, 1.807) is 17.3 Å². The Balaban J connectivity index is 1.55. The molecule has 2 aromatic heterocycles. The Kier molecular flexibility index (Phi) is 5.02. The topological polar surface area (TPSA) is 88.1 Å². The highest BCUT2D eigenvalue weighted by Crippen LogP contribution is 2.20. The van der Waals surface area contributed by atoms with Gasteiger partial charge >= 0.3 is 0 Å². The summed E-state index contributed by atoms with van der Waals surface area (Å²) >= 11 is 0. The molecule has 2 amide bonds. The van der Waals surface area contributed by atoms with E-state index >= 15 is 0 Å². The number of aryl methyl sites for hydroxylation is 2. The molecule has 7 heteroatoms. The molecular weight excluding hydrogens is 318 g/mol. The molecule has 130 valence electrons. The van der Waals surface area contributed by atoms with Gasteiger partial charge in [0, 0.05) is 43.3 Å². The Morgan fingerprint density at radius 2 is 2.08 bits per heavy atom. The van der Waals surface area contributed by atoms with Gasteiger partial charge in [0.05, 0.1) is 12.5 Å². The molecule has 2 aromatic rings. The van der Waals surface area contributed by atoms with Crippen LogP contribution in [0.25, 0.3) is 0 Å². The molecule has 3 rings (SSSR count). The summed E-state index contributed by atoms with van der Waals surface area (Å²) in [5, 5.41) is 2.85. The van der Waals surface area contributed by atoms with Gasteiger partial charge in [-0.25, -0.2) is 9.97 Å². The second kappa shape index (κ2) is 7.38. The minimum Gasteiger partial charge on any atom is -0.348 e. The smallest absolute Gasteiger partial charge is 0.225 e. The number of carbonyl (C=O) groups excluding carboxylic acids is 2. The third kappa shape index (κ3) is 4.37. The zero-order chi connectivity index (χ0) is 17.8. The van der Waals surface area contributed by atoms with Crippen LogP contribution in [0.1, 0.15) is 29.2 Å². The van der Waals surface area contributed by atoms with Gasteiger partial charge in [0.15, 0.2) is 0 Å². The molecule has 0 bridgehead atoms. The van der Waals surface area contributed by atoms with Crippen LogP contribution in [0, 0.1) is 19.8 Å². The van der Waals surface area contributed by atoms with Crippen LogP contribution < -0.4 is 5.32 Å². The van der Waals surface area contributed by atoms with Crippen LogP contribution in [0.4, 0.5) is 0 Å². The summed E-state index contributed by atoms with van der Waals surface area (Å²) in [4.78, 5) is 38.9. The normalized spacial score (nSPS) is 17.0. The number of nitrogens with one attached hydrogen (secondary N) is 1. The maximum absolute atomic E-state index is 12.4. The standard InChI is InChI=1S/C18H21N5O2/c1-12-6-13(2)22-16(21-12)9-20-18(25)15-7-17(24)23(11-15)10-14-4-3-5-19-8-14/h3-6,8,15H,7,9-11H2,1-2H3,(H,20,25). The maximum Gasteiger partial charge on any atom is 0.225 e. The van der Waals surface area contributed by atoms with Crippen molar-refractivity contribution in [3.05, 3.63) is 53.4 Å². The molecule has 3 heterocycles. The summed E-state index contributed by atoms with van der Waals surface area (Å²) in [5.74, 6) is 0.105. The number of hydrogen-bond donors (Lipinski definition) is 1. The Hall–Kier alpha value is -2.83. The van der Waals surface area contributed by atoms with Crippen LogP contribution in [0.2, 0.25) is 0 Å². The van der Waals surface area contributed by atoms with Gasteiger partial charge in [0.25, 0.3) is 0 Å². The lowest BCUT2D eigenvalue weighted by molar-refractivity contribution is -0.129. The van der Waals surface area contributed by atoms with Crippen molar-refractivity contribution in [3.63, 3.8) is 0 Å². The molecule has 1 N–H and O–H groups in total. The first-order valence-electron chi connectivity index (χ1n) is 8.27. The molecule has 0 aliphatic carbocycles. The van der Waals surface area contributed by atoms with Crippen LogP contribution in [0.3, 0.4) is 0 Å². The Morgan fingerprint density at radius 3 is 2.76 bits per heavy atom. The van der Waals surface area contributed by atoms with E-state index in [0.717, 1.165) is 17.0 Å². The summed E-state index contributed by atoms with van der Waals surface area (Å²) in [6.07, 6.45) is 3.67. The highest BCUT2D eigenvalue weighted by Gasteiger charge is 2.34. The van der Waals surface area contributed by atoms with Crippen LogP contribution in [-0.4, -0.2) is 38.2 Å². The van der Waals surface area contributed by atoms with E-state index in [2.05, 4.69) is 20.3 Å². The number of amides is 2. The Bertz CT molecular complexity index is 758. The number of carbonyl (C=O) groups is 2. The number of aromatic nitrogens is 3. The maximum atomic E-state index is 12.4. The molecule has 0 saturated carbocycles. The van der Waals surface area contributed by atoms with Crippen molar-refractivity contribution in [2.24, 2.45) is 5.92 Å². The van der Waals surface area contributed by atoms with E-state index in [1.165, 1.54) is 0 Å². The van der Waals surface area contributed by atoms with E-state index in [1.807, 2.05) is 32.0 Å². The van der Waals surface area contributed by atoms with Crippen molar-refractivity contribution in [2.75, 3.05) is 6.54 Å². The van der Waals surface area contributed by atoms with E-state index in [-0.39, 0.29) is 30.7 Å². The number of likely N-dealkylation sites (tertiary alicyclic amines) is 1. The van der Waals surface area contributed by atoms with E-state index in [0.29, 0.717) is 18.9 Å². The summed E-state index contributed by atoms with van der Waals surface area (Å²) in [7, 11) is 0. The lowest BCUT2D eigenvalue weighted by Gasteiger charge is -2.16. The zero-order valence-electron chi connectivity index (χ0n) is 14.4. The molecule has 1 aliphatic rings. The number of rotatable bonds is 5. The minimum atomic E-state index is -0.338. The van der Waals surface area contributed by atoms with Gasteiger partial charge in [-0.2, -0.15) is 0 Å². The monoisotopic (exact) mass is 339 g/mol. The third-order valence-electron chi connectivity index (χ3n) is 4.13. The van der Waals surface area contributed by atoms with E-state index < -0.39 is 0 Å². The fraction of sp³-hybridized carbons (Fsp3) is 0.389. The van der Waals surface area contributed by atoms with Crippen molar-refractivity contribution < 1.29 is 9.59 Å². The average Bonchev–Trinajstić information content (AvgIpc) is 2.94.